The maximum atomic E-state index is 11.6. The summed E-state index contributed by atoms with van der Waals surface area (Å²) in [6, 6.07) is 1.82. The molecule has 0 aliphatic carbocycles. The van der Waals surface area contributed by atoms with Crippen molar-refractivity contribution in [2.45, 2.75) is 11.3 Å². The summed E-state index contributed by atoms with van der Waals surface area (Å²) >= 11 is 2.58. The van der Waals surface area contributed by atoms with Crippen LogP contribution < -0.4 is 5.32 Å². The highest BCUT2D eigenvalue weighted by molar-refractivity contribution is 8.01. The van der Waals surface area contributed by atoms with Crippen molar-refractivity contribution in [3.05, 3.63) is 0 Å². The van der Waals surface area contributed by atoms with Crippen molar-refractivity contribution in [3.8, 4) is 6.07 Å². The number of rotatable bonds is 6. The molecular formula is C9H11N5OS2. The van der Waals surface area contributed by atoms with Crippen LogP contribution in [0.4, 0.5) is 5.13 Å². The second kappa shape index (κ2) is 6.32. The van der Waals surface area contributed by atoms with Crippen molar-refractivity contribution in [1.82, 2.24) is 10.2 Å². The van der Waals surface area contributed by atoms with Crippen LogP contribution in [0, 0.1) is 22.7 Å². The van der Waals surface area contributed by atoms with Crippen LogP contribution in [-0.4, -0.2) is 34.5 Å². The Balaban J connectivity index is 2.53. The lowest BCUT2D eigenvalue weighted by Gasteiger charge is -2.03. The molecule has 0 bridgehead atoms. The highest BCUT2D eigenvalue weighted by Crippen LogP contribution is 2.25. The molecule has 0 aromatic carbocycles. The number of carbonyl (C=O) groups is 1. The van der Waals surface area contributed by atoms with Crippen molar-refractivity contribution < 1.29 is 4.79 Å². The minimum Gasteiger partial charge on any atom is -0.363 e. The van der Waals surface area contributed by atoms with Crippen molar-refractivity contribution in [3.63, 3.8) is 0 Å². The van der Waals surface area contributed by atoms with Gasteiger partial charge in [0.05, 0.1) is 11.8 Å². The summed E-state index contributed by atoms with van der Waals surface area (Å²) in [5, 5.41) is 27.3. The second-order valence-electron chi connectivity index (χ2n) is 3.12. The molecule has 1 aromatic heterocycles. The van der Waals surface area contributed by atoms with Crippen LogP contribution in [0.3, 0.4) is 0 Å². The minimum atomic E-state index is -0.945. The van der Waals surface area contributed by atoms with Crippen LogP contribution in [0.5, 0.6) is 0 Å². The van der Waals surface area contributed by atoms with Crippen molar-refractivity contribution >= 4 is 39.7 Å². The molecule has 0 aliphatic rings. The van der Waals surface area contributed by atoms with Crippen LogP contribution >= 0.6 is 23.1 Å². The van der Waals surface area contributed by atoms with Gasteiger partial charge in [0.1, 0.15) is 5.92 Å². The third-order valence-corrected chi connectivity index (χ3v) is 3.94. The molecule has 6 nitrogen and oxygen atoms in total. The lowest BCUT2D eigenvalue weighted by Crippen LogP contribution is -2.21. The first kappa shape index (κ1) is 13.6. The molecule has 0 amide bonds. The third kappa shape index (κ3) is 3.80. The zero-order valence-corrected chi connectivity index (χ0v) is 11.0. The number of anilines is 1. The van der Waals surface area contributed by atoms with Crippen LogP contribution in [0.1, 0.15) is 6.92 Å². The number of nitriles is 1. The number of nitrogens with one attached hydrogen (secondary N) is 2. The zero-order valence-electron chi connectivity index (χ0n) is 9.35. The fraction of sp³-hybridized carbons (Fsp3) is 0.444. The van der Waals surface area contributed by atoms with E-state index in [0.717, 1.165) is 0 Å². The van der Waals surface area contributed by atoms with E-state index >= 15 is 0 Å². The number of thioether (sulfide) groups is 1. The summed E-state index contributed by atoms with van der Waals surface area (Å²) in [5.41, 5.74) is 0.0753. The van der Waals surface area contributed by atoms with E-state index in [0.29, 0.717) is 9.47 Å². The largest absolute Gasteiger partial charge is 0.363 e. The molecule has 0 saturated heterocycles. The van der Waals surface area contributed by atoms with Gasteiger partial charge in [-0.3, -0.25) is 4.79 Å². The number of carbonyl (C=O) groups excluding carboxylic acids is 1. The Labute approximate surface area is 107 Å². The van der Waals surface area contributed by atoms with E-state index in [4.69, 9.17) is 10.7 Å². The number of hydrogen-bond acceptors (Lipinski definition) is 8. The number of hydrogen-bond donors (Lipinski definition) is 2. The molecule has 2 N–H and O–H groups in total. The lowest BCUT2D eigenvalue weighted by atomic mass is 10.0. The summed E-state index contributed by atoms with van der Waals surface area (Å²) < 4.78 is 0.669. The summed E-state index contributed by atoms with van der Waals surface area (Å²) in [6.45, 7) is 1.46. The first-order valence-electron chi connectivity index (χ1n) is 4.70. The molecule has 1 unspecified atom stereocenters. The third-order valence-electron chi connectivity index (χ3n) is 1.84. The van der Waals surface area contributed by atoms with Gasteiger partial charge in [-0.05, 0) is 6.92 Å². The van der Waals surface area contributed by atoms with Gasteiger partial charge < -0.3 is 10.7 Å². The first-order valence-corrected chi connectivity index (χ1v) is 6.50. The summed E-state index contributed by atoms with van der Waals surface area (Å²) in [5.74, 6) is -1.09. The normalized spacial score (nSPS) is 11.6. The molecule has 17 heavy (non-hydrogen) atoms. The number of ketones is 1. The second-order valence-corrected chi connectivity index (χ2v) is 5.32. The van der Waals surface area contributed by atoms with E-state index in [1.807, 2.05) is 6.07 Å². The van der Waals surface area contributed by atoms with Crippen molar-refractivity contribution in [2.75, 3.05) is 18.1 Å². The average molecular weight is 269 g/mol. The van der Waals surface area contributed by atoms with E-state index in [-0.39, 0.29) is 17.2 Å². The molecule has 0 saturated carbocycles. The Morgan fingerprint density at radius 2 is 2.41 bits per heavy atom. The quantitative estimate of drug-likeness (QED) is 0.598. The highest BCUT2D eigenvalue weighted by Gasteiger charge is 2.20. The molecular weight excluding hydrogens is 258 g/mol. The van der Waals surface area contributed by atoms with Gasteiger partial charge >= 0.3 is 0 Å². The van der Waals surface area contributed by atoms with Crippen molar-refractivity contribution in [1.29, 1.82) is 10.7 Å². The molecule has 0 fully saturated rings. The van der Waals surface area contributed by atoms with E-state index in [1.54, 1.807) is 7.05 Å². The van der Waals surface area contributed by atoms with Crippen LogP contribution in [0.25, 0.3) is 0 Å². The summed E-state index contributed by atoms with van der Waals surface area (Å²) in [7, 11) is 1.74. The molecule has 1 rings (SSSR count). The highest BCUT2D eigenvalue weighted by atomic mass is 32.2. The molecule has 90 valence electrons. The lowest BCUT2D eigenvalue weighted by molar-refractivity contribution is -0.117. The van der Waals surface area contributed by atoms with Gasteiger partial charge in [0.15, 0.2) is 10.1 Å². The molecule has 0 radical (unpaired) electrons. The predicted octanol–water partition coefficient (Wildman–Crippen LogP) is 1.42. The number of nitrogens with zero attached hydrogens (tertiary/aromatic N) is 3. The Kier molecular flexibility index (Phi) is 5.06. The average Bonchev–Trinajstić information content (AvgIpc) is 2.74. The van der Waals surface area contributed by atoms with Gasteiger partial charge in [-0.2, -0.15) is 5.26 Å². The fourth-order valence-corrected chi connectivity index (χ4v) is 2.61. The van der Waals surface area contributed by atoms with Crippen LogP contribution in [0.2, 0.25) is 0 Å². The van der Waals surface area contributed by atoms with Gasteiger partial charge in [0, 0.05) is 12.8 Å². The molecule has 1 heterocycles. The Morgan fingerprint density at radius 1 is 1.71 bits per heavy atom. The molecule has 0 aliphatic heterocycles. The van der Waals surface area contributed by atoms with Gasteiger partial charge in [-0.25, -0.2) is 0 Å². The molecule has 8 heteroatoms. The Hall–Kier alpha value is -1.46. The first-order chi connectivity index (χ1) is 8.08. The fourth-order valence-electron chi connectivity index (χ4n) is 0.996. The predicted molar refractivity (Wildman–Crippen MR) is 67.7 cm³/mol. The zero-order chi connectivity index (χ0) is 12.8. The van der Waals surface area contributed by atoms with Crippen molar-refractivity contribution in [2.24, 2.45) is 5.92 Å². The number of aromatic nitrogens is 2. The van der Waals surface area contributed by atoms with E-state index in [1.165, 1.54) is 30.0 Å². The number of Topliss-reactive ketones (excluding diaryl/α,β-unsaturated/α-hetero) is 1. The standard InChI is InChI=1S/C9H11N5OS2/c1-5(11)6(3-10)7(15)4-16-9-14-13-8(12-2)17-9/h6,11H,4H2,1-2H3,(H,12,13). The van der Waals surface area contributed by atoms with Gasteiger partial charge in [0.25, 0.3) is 0 Å². The SMILES string of the molecule is CNc1nnc(SCC(=O)C(C#N)C(C)=N)s1. The molecule has 1 atom stereocenters. The van der Waals surface area contributed by atoms with Gasteiger partial charge in [-0.15, -0.1) is 10.2 Å². The Morgan fingerprint density at radius 3 is 2.88 bits per heavy atom. The van der Waals surface area contributed by atoms with Crippen LogP contribution in [0.15, 0.2) is 4.34 Å². The van der Waals surface area contributed by atoms with Crippen LogP contribution in [-0.2, 0) is 4.79 Å². The summed E-state index contributed by atoms with van der Waals surface area (Å²) in [6.07, 6.45) is 0. The molecule has 0 spiro atoms. The van der Waals surface area contributed by atoms with E-state index < -0.39 is 5.92 Å². The van der Waals surface area contributed by atoms with Gasteiger partial charge in [-0.1, -0.05) is 23.1 Å². The summed E-state index contributed by atoms with van der Waals surface area (Å²) in [4.78, 5) is 11.6. The topological polar surface area (TPSA) is 103 Å². The molecule has 1 aromatic rings. The minimum absolute atomic E-state index is 0.0753. The van der Waals surface area contributed by atoms with E-state index in [2.05, 4.69) is 15.5 Å². The monoisotopic (exact) mass is 269 g/mol. The smallest absolute Gasteiger partial charge is 0.206 e. The van der Waals surface area contributed by atoms with Gasteiger partial charge in [0.2, 0.25) is 5.13 Å². The maximum Gasteiger partial charge on any atom is 0.206 e. The maximum absolute atomic E-state index is 11.6. The Bertz CT molecular complexity index is 464. The van der Waals surface area contributed by atoms with E-state index in [9.17, 15) is 4.79 Å².